The highest BCUT2D eigenvalue weighted by molar-refractivity contribution is 6.03. The van der Waals surface area contributed by atoms with Gasteiger partial charge >= 0.3 is 6.03 Å². The fourth-order valence-corrected chi connectivity index (χ4v) is 3.55. The van der Waals surface area contributed by atoms with Crippen LogP contribution in [0.4, 0.5) is 4.79 Å². The van der Waals surface area contributed by atoms with Crippen molar-refractivity contribution in [1.29, 1.82) is 0 Å². The van der Waals surface area contributed by atoms with Crippen LogP contribution >= 0.6 is 0 Å². The van der Waals surface area contributed by atoms with Gasteiger partial charge in [-0.25, -0.2) is 9.79 Å². The van der Waals surface area contributed by atoms with Crippen molar-refractivity contribution in [2.24, 2.45) is 10.9 Å². The van der Waals surface area contributed by atoms with E-state index in [1.807, 2.05) is 0 Å². The van der Waals surface area contributed by atoms with Crippen molar-refractivity contribution in [3.05, 3.63) is 0 Å². The minimum Gasteiger partial charge on any atom is -0.343 e. The van der Waals surface area contributed by atoms with Gasteiger partial charge in [-0.3, -0.25) is 10.1 Å². The van der Waals surface area contributed by atoms with E-state index in [0.717, 1.165) is 57.2 Å². The topological polar surface area (TPSA) is 68.2 Å². The van der Waals surface area contributed by atoms with Gasteiger partial charge in [-0.1, -0.05) is 20.3 Å². The third-order valence-corrected chi connectivity index (χ3v) is 5.16. The van der Waals surface area contributed by atoms with Gasteiger partial charge in [-0.15, -0.1) is 0 Å². The number of guanidine groups is 1. The van der Waals surface area contributed by atoms with Gasteiger partial charge in [0, 0.05) is 26.7 Å². The second-order valence-corrected chi connectivity index (χ2v) is 6.91. The summed E-state index contributed by atoms with van der Waals surface area (Å²) in [7, 11) is 1.71. The molecule has 0 bridgehead atoms. The molecule has 0 aromatic carbocycles. The normalized spacial score (nSPS) is 28.8. The minimum absolute atomic E-state index is 0.224. The Balaban J connectivity index is 1.85. The molecule has 1 N–H and O–H groups in total. The lowest BCUT2D eigenvalue weighted by Gasteiger charge is -2.39. The zero-order valence-corrected chi connectivity index (χ0v) is 14.3. The summed E-state index contributed by atoms with van der Waals surface area (Å²) in [5.74, 6) is 1.42. The molecule has 0 aliphatic carbocycles. The maximum atomic E-state index is 12.4. The number of amides is 3. The number of carbonyl (C=O) groups is 2. The molecule has 2 unspecified atom stereocenters. The molecule has 3 aliphatic heterocycles. The molecule has 0 saturated carbocycles. The molecule has 7 heteroatoms. The van der Waals surface area contributed by atoms with Crippen molar-refractivity contribution in [2.45, 2.75) is 51.7 Å². The Bertz CT molecular complexity index is 513. The predicted molar refractivity (Wildman–Crippen MR) is 87.9 cm³/mol. The Morgan fingerprint density at radius 1 is 1.26 bits per heavy atom. The number of rotatable bonds is 3. The Labute approximate surface area is 137 Å². The summed E-state index contributed by atoms with van der Waals surface area (Å²) >= 11 is 0. The second-order valence-electron chi connectivity index (χ2n) is 6.91. The molecule has 0 spiro atoms. The van der Waals surface area contributed by atoms with Crippen molar-refractivity contribution in [2.75, 3.05) is 26.7 Å². The molecule has 2 saturated heterocycles. The number of nitrogens with one attached hydrogen (secondary N) is 1. The molecule has 128 valence electrons. The number of hydrogen-bond donors (Lipinski definition) is 1. The van der Waals surface area contributed by atoms with E-state index in [2.05, 4.69) is 29.0 Å². The molecule has 7 nitrogen and oxygen atoms in total. The number of hydrogen-bond acceptors (Lipinski definition) is 5. The molecular weight excluding hydrogens is 294 g/mol. The fraction of sp³-hybridized carbons (Fsp3) is 0.812. The zero-order valence-electron chi connectivity index (χ0n) is 14.3. The number of carbonyl (C=O) groups excluding carboxylic acids is 2. The van der Waals surface area contributed by atoms with Gasteiger partial charge in [-0.2, -0.15) is 0 Å². The van der Waals surface area contributed by atoms with Crippen molar-refractivity contribution in [3.8, 4) is 0 Å². The maximum Gasteiger partial charge on any atom is 0.325 e. The Morgan fingerprint density at radius 2 is 1.96 bits per heavy atom. The van der Waals surface area contributed by atoms with Crippen LogP contribution in [-0.2, 0) is 4.79 Å². The Kier molecular flexibility index (Phi) is 4.46. The standard InChI is InChI=1S/C16H27N5O2/c1-4-5-8-21-12-13(19(3)16(23)18-14(12)22)17-15(21)20-9-6-11(2)7-10-20/h11-13H,4-10H2,1-3H3,(H,18,22,23). The smallest absolute Gasteiger partial charge is 0.325 e. The Hall–Kier alpha value is -1.79. The lowest BCUT2D eigenvalue weighted by atomic mass is 9.99. The SMILES string of the molecule is CCCCN1C(N2CCC(C)CC2)=NC2C1C(=O)NC(=O)N2C. The lowest BCUT2D eigenvalue weighted by molar-refractivity contribution is -0.127. The van der Waals surface area contributed by atoms with Gasteiger partial charge in [0.2, 0.25) is 0 Å². The number of imide groups is 1. The molecule has 0 aromatic heterocycles. The second kappa shape index (κ2) is 6.37. The molecule has 2 fully saturated rings. The van der Waals surface area contributed by atoms with Crippen molar-refractivity contribution < 1.29 is 9.59 Å². The number of aliphatic imine (C=N–C) groups is 1. The van der Waals surface area contributed by atoms with Crippen LogP contribution in [0, 0.1) is 5.92 Å². The average molecular weight is 321 g/mol. The zero-order chi connectivity index (χ0) is 16.6. The van der Waals surface area contributed by atoms with Gasteiger partial charge in [-0.05, 0) is 25.2 Å². The quantitative estimate of drug-likeness (QED) is 0.844. The predicted octanol–water partition coefficient (Wildman–Crippen LogP) is 1.07. The van der Waals surface area contributed by atoms with Crippen LogP contribution in [0.5, 0.6) is 0 Å². The number of likely N-dealkylation sites (N-methyl/N-ethyl adjacent to an activating group) is 1. The van der Waals surface area contributed by atoms with Crippen LogP contribution in [0.2, 0.25) is 0 Å². The highest BCUT2D eigenvalue weighted by Gasteiger charge is 2.49. The van der Waals surface area contributed by atoms with Gasteiger partial charge in [0.25, 0.3) is 5.91 Å². The lowest BCUT2D eigenvalue weighted by Crippen LogP contribution is -2.64. The summed E-state index contributed by atoms with van der Waals surface area (Å²) in [6, 6.07) is -0.748. The summed E-state index contributed by atoms with van der Waals surface area (Å²) in [6.45, 7) is 7.17. The number of likely N-dealkylation sites (tertiary alicyclic amines) is 1. The fourth-order valence-electron chi connectivity index (χ4n) is 3.55. The van der Waals surface area contributed by atoms with Crippen LogP contribution in [0.15, 0.2) is 4.99 Å². The summed E-state index contributed by atoms with van der Waals surface area (Å²) in [4.78, 5) is 35.0. The van der Waals surface area contributed by atoms with Gasteiger partial charge in [0.1, 0.15) is 0 Å². The monoisotopic (exact) mass is 321 g/mol. The molecule has 23 heavy (non-hydrogen) atoms. The van der Waals surface area contributed by atoms with E-state index >= 15 is 0 Å². The highest BCUT2D eigenvalue weighted by Crippen LogP contribution is 2.28. The van der Waals surface area contributed by atoms with Gasteiger partial charge < -0.3 is 14.7 Å². The van der Waals surface area contributed by atoms with E-state index in [1.165, 1.54) is 0 Å². The molecule has 3 rings (SSSR count). The minimum atomic E-state index is -0.401. The first-order valence-electron chi connectivity index (χ1n) is 8.70. The van der Waals surface area contributed by atoms with E-state index in [1.54, 1.807) is 11.9 Å². The highest BCUT2D eigenvalue weighted by atomic mass is 16.2. The van der Waals surface area contributed by atoms with E-state index in [4.69, 9.17) is 4.99 Å². The largest absolute Gasteiger partial charge is 0.343 e. The summed E-state index contributed by atoms with van der Waals surface area (Å²) in [5.41, 5.74) is 0. The average Bonchev–Trinajstić information content (AvgIpc) is 2.91. The number of urea groups is 1. The van der Waals surface area contributed by atoms with E-state index < -0.39 is 12.2 Å². The van der Waals surface area contributed by atoms with E-state index in [-0.39, 0.29) is 11.9 Å². The number of piperidine rings is 1. The number of unbranched alkanes of at least 4 members (excludes halogenated alkanes) is 1. The van der Waals surface area contributed by atoms with Crippen LogP contribution in [0.1, 0.15) is 39.5 Å². The molecular formula is C16H27N5O2. The summed E-state index contributed by atoms with van der Waals surface area (Å²) in [5, 5.41) is 2.45. The third-order valence-electron chi connectivity index (χ3n) is 5.16. The number of fused-ring (bicyclic) bond motifs is 1. The van der Waals surface area contributed by atoms with Gasteiger partial charge in [0.15, 0.2) is 18.2 Å². The molecule has 3 heterocycles. The van der Waals surface area contributed by atoms with Crippen molar-refractivity contribution in [1.82, 2.24) is 20.0 Å². The first-order valence-corrected chi connectivity index (χ1v) is 8.70. The van der Waals surface area contributed by atoms with Gasteiger partial charge in [0.05, 0.1) is 0 Å². The molecule has 2 atom stereocenters. The first-order chi connectivity index (χ1) is 11.0. The van der Waals surface area contributed by atoms with E-state index in [9.17, 15) is 9.59 Å². The van der Waals surface area contributed by atoms with Crippen LogP contribution in [0.3, 0.4) is 0 Å². The number of nitrogens with zero attached hydrogens (tertiary/aromatic N) is 4. The van der Waals surface area contributed by atoms with E-state index in [0.29, 0.717) is 0 Å². The van der Waals surface area contributed by atoms with Crippen molar-refractivity contribution in [3.63, 3.8) is 0 Å². The first kappa shape index (κ1) is 16.1. The third kappa shape index (κ3) is 2.88. The van der Waals surface area contributed by atoms with Crippen molar-refractivity contribution >= 4 is 17.9 Å². The molecule has 3 amide bonds. The summed E-state index contributed by atoms with van der Waals surface area (Å²) < 4.78 is 0. The van der Waals surface area contributed by atoms with Crippen LogP contribution in [0.25, 0.3) is 0 Å². The Morgan fingerprint density at radius 3 is 2.61 bits per heavy atom. The maximum absolute atomic E-state index is 12.4. The van der Waals surface area contributed by atoms with Crippen LogP contribution < -0.4 is 5.32 Å². The summed E-state index contributed by atoms with van der Waals surface area (Å²) in [6.07, 6.45) is 3.97. The van der Waals surface area contributed by atoms with Crippen LogP contribution in [-0.4, -0.2) is 71.5 Å². The molecule has 0 radical (unpaired) electrons. The molecule has 0 aromatic rings. The molecule has 3 aliphatic rings.